The van der Waals surface area contributed by atoms with Crippen molar-refractivity contribution in [1.82, 2.24) is 9.88 Å². The van der Waals surface area contributed by atoms with Crippen molar-refractivity contribution in [1.29, 1.82) is 0 Å². The number of likely N-dealkylation sites (tertiary alicyclic amines) is 1. The normalized spacial score (nSPS) is 16.1. The van der Waals surface area contributed by atoms with Crippen LogP contribution in [0, 0.1) is 0 Å². The predicted molar refractivity (Wildman–Crippen MR) is 199 cm³/mol. The third-order valence-electron chi connectivity index (χ3n) is 9.35. The second-order valence-corrected chi connectivity index (χ2v) is 13.2. The third kappa shape index (κ3) is 10.1. The summed E-state index contributed by atoms with van der Waals surface area (Å²) in [5.74, 6) is -2.11. The van der Waals surface area contributed by atoms with Gasteiger partial charge >= 0.3 is 0 Å². The van der Waals surface area contributed by atoms with Gasteiger partial charge in [0.1, 0.15) is 5.82 Å². The number of hydrogen-bond donors (Lipinski definition) is 1. The summed E-state index contributed by atoms with van der Waals surface area (Å²) in [5.41, 5.74) is 8.78. The Hall–Kier alpha value is -3.73. The van der Waals surface area contributed by atoms with E-state index in [0.717, 1.165) is 72.0 Å². The smallest absolute Gasteiger partial charge is 0.270 e. The SMILES string of the molecule is C=C1CCC/C1=C/C(=C\C)c1ccc2c(C(=C)N3CCCC3)cc(NCc3ccc(C(C)(F)F)cc3)nc2c1.CCCCCCCC. The maximum atomic E-state index is 13.6. The first-order valence-electron chi connectivity index (χ1n) is 17.8. The molecule has 1 aliphatic carbocycles. The van der Waals surface area contributed by atoms with Gasteiger partial charge in [-0.1, -0.05) is 120 Å². The lowest BCUT2D eigenvalue weighted by molar-refractivity contribution is 0.0174. The van der Waals surface area contributed by atoms with Gasteiger partial charge in [0, 0.05) is 48.8 Å². The minimum atomic E-state index is -2.85. The number of allylic oxidation sites excluding steroid dienone is 5. The van der Waals surface area contributed by atoms with E-state index in [1.54, 1.807) is 12.1 Å². The van der Waals surface area contributed by atoms with Crippen molar-refractivity contribution in [2.75, 3.05) is 18.4 Å². The topological polar surface area (TPSA) is 28.2 Å². The van der Waals surface area contributed by atoms with E-state index in [9.17, 15) is 8.78 Å². The Morgan fingerprint density at radius 1 is 0.936 bits per heavy atom. The van der Waals surface area contributed by atoms with Crippen LogP contribution in [0.4, 0.5) is 14.6 Å². The second kappa shape index (κ2) is 17.4. The number of halogens is 2. The average Bonchev–Trinajstić information content (AvgIpc) is 3.76. The van der Waals surface area contributed by atoms with Gasteiger partial charge in [-0.3, -0.25) is 0 Å². The summed E-state index contributed by atoms with van der Waals surface area (Å²) < 4.78 is 27.3. The van der Waals surface area contributed by atoms with E-state index < -0.39 is 5.92 Å². The molecule has 0 spiro atoms. The zero-order valence-corrected chi connectivity index (χ0v) is 29.2. The molecule has 1 aliphatic heterocycles. The fourth-order valence-corrected chi connectivity index (χ4v) is 6.38. The van der Waals surface area contributed by atoms with Gasteiger partial charge in [-0.25, -0.2) is 13.8 Å². The van der Waals surface area contributed by atoms with Crippen LogP contribution in [0.25, 0.3) is 22.2 Å². The lowest BCUT2D eigenvalue weighted by Gasteiger charge is -2.23. The molecule has 1 aromatic heterocycles. The van der Waals surface area contributed by atoms with Crippen LogP contribution in [0.3, 0.4) is 0 Å². The maximum Gasteiger partial charge on any atom is 0.270 e. The van der Waals surface area contributed by atoms with Crippen LogP contribution < -0.4 is 5.32 Å². The zero-order valence-electron chi connectivity index (χ0n) is 29.2. The lowest BCUT2D eigenvalue weighted by Crippen LogP contribution is -2.17. The number of nitrogens with one attached hydrogen (secondary N) is 1. The van der Waals surface area contributed by atoms with Crippen molar-refractivity contribution in [2.24, 2.45) is 0 Å². The monoisotopic (exact) mass is 639 g/mol. The van der Waals surface area contributed by atoms with Crippen molar-refractivity contribution in [3.63, 3.8) is 0 Å². The highest BCUT2D eigenvalue weighted by Gasteiger charge is 2.23. The number of unbranched alkanes of at least 4 members (excludes halogenated alkanes) is 5. The molecule has 5 heteroatoms. The fraction of sp³-hybridized carbons (Fsp3) is 0.452. The zero-order chi connectivity index (χ0) is 33.8. The molecule has 0 amide bonds. The molecule has 0 bridgehead atoms. The summed E-state index contributed by atoms with van der Waals surface area (Å²) in [6, 6.07) is 15.0. The molecule has 2 aliphatic rings. The molecule has 1 saturated heterocycles. The van der Waals surface area contributed by atoms with Crippen LogP contribution in [-0.4, -0.2) is 23.0 Å². The number of rotatable bonds is 13. The Kier molecular flexibility index (Phi) is 13.4. The van der Waals surface area contributed by atoms with Crippen molar-refractivity contribution in [3.8, 4) is 0 Å². The lowest BCUT2D eigenvalue weighted by atomic mass is 9.97. The number of nitrogens with zero attached hydrogens (tertiary/aromatic N) is 2. The number of pyridine rings is 1. The molecule has 0 radical (unpaired) electrons. The summed E-state index contributed by atoms with van der Waals surface area (Å²) in [6.45, 7) is 18.7. The molecule has 2 heterocycles. The molecule has 0 unspecified atom stereocenters. The van der Waals surface area contributed by atoms with Gasteiger partial charge in [-0.2, -0.15) is 0 Å². The molecular formula is C42H55F2N3. The van der Waals surface area contributed by atoms with Crippen molar-refractivity contribution >= 4 is 28.0 Å². The van der Waals surface area contributed by atoms with Gasteiger partial charge in [-0.15, -0.1) is 0 Å². The van der Waals surface area contributed by atoms with Crippen LogP contribution >= 0.6 is 0 Å². The van der Waals surface area contributed by atoms with E-state index >= 15 is 0 Å². The second-order valence-electron chi connectivity index (χ2n) is 13.2. The number of benzene rings is 2. The number of alkyl halides is 2. The summed E-state index contributed by atoms with van der Waals surface area (Å²) in [4.78, 5) is 7.34. The molecule has 3 nitrogen and oxygen atoms in total. The van der Waals surface area contributed by atoms with Crippen LogP contribution in [0.15, 0.2) is 85.0 Å². The predicted octanol–water partition coefficient (Wildman–Crippen LogP) is 12.5. The number of hydrogen-bond acceptors (Lipinski definition) is 3. The highest BCUT2D eigenvalue weighted by atomic mass is 19.3. The van der Waals surface area contributed by atoms with E-state index in [0.29, 0.717) is 6.54 Å². The van der Waals surface area contributed by atoms with Crippen LogP contribution in [0.1, 0.15) is 121 Å². The Balaban J connectivity index is 0.000000555. The Morgan fingerprint density at radius 2 is 1.62 bits per heavy atom. The van der Waals surface area contributed by atoms with E-state index in [1.807, 2.05) is 0 Å². The molecule has 0 atom stereocenters. The molecule has 2 aromatic carbocycles. The molecule has 1 saturated carbocycles. The van der Waals surface area contributed by atoms with Gasteiger partial charge in [0.2, 0.25) is 0 Å². The van der Waals surface area contributed by atoms with Crippen LogP contribution in [0.2, 0.25) is 0 Å². The molecular weight excluding hydrogens is 584 g/mol. The number of anilines is 1. The van der Waals surface area contributed by atoms with Crippen LogP contribution in [0.5, 0.6) is 0 Å². The summed E-state index contributed by atoms with van der Waals surface area (Å²) in [6.07, 6.45) is 18.6. The standard InChI is InChI=1S/C34H37F2N3.C8H18/c1-5-26(19-27-10-8-9-23(27)2)28-13-16-30-31(24(3)39-17-6-7-18-39)21-33(38-32(30)20-28)37-22-25-11-14-29(15-12-25)34(4,35)36;1-3-5-7-8-6-4-2/h5,11-16,19-21H,2-3,6-10,17-18,22H2,1,4H3,(H,37,38);3-8H2,1-2H3/b26-5+,27-19-;. The molecule has 3 aromatic rings. The molecule has 47 heavy (non-hydrogen) atoms. The highest BCUT2D eigenvalue weighted by molar-refractivity contribution is 5.95. The quantitative estimate of drug-likeness (QED) is 0.189. The molecule has 1 N–H and O–H groups in total. The average molecular weight is 640 g/mol. The van der Waals surface area contributed by atoms with Gasteiger partial charge < -0.3 is 10.2 Å². The fourth-order valence-electron chi connectivity index (χ4n) is 6.38. The summed E-state index contributed by atoms with van der Waals surface area (Å²) in [7, 11) is 0. The van der Waals surface area contributed by atoms with Gasteiger partial charge in [0.05, 0.1) is 5.52 Å². The van der Waals surface area contributed by atoms with Crippen molar-refractivity contribution in [3.05, 3.63) is 107 Å². The largest absolute Gasteiger partial charge is 0.372 e. The summed E-state index contributed by atoms with van der Waals surface area (Å²) in [5, 5.41) is 4.50. The van der Waals surface area contributed by atoms with Crippen molar-refractivity contribution in [2.45, 2.75) is 111 Å². The number of fused-ring (bicyclic) bond motifs is 1. The molecule has 2 fully saturated rings. The van der Waals surface area contributed by atoms with Gasteiger partial charge in [0.15, 0.2) is 0 Å². The third-order valence-corrected chi connectivity index (χ3v) is 9.35. The first-order chi connectivity index (χ1) is 22.6. The Morgan fingerprint density at radius 3 is 2.19 bits per heavy atom. The van der Waals surface area contributed by atoms with E-state index in [2.05, 4.69) is 80.6 Å². The number of aromatic nitrogens is 1. The van der Waals surface area contributed by atoms with Gasteiger partial charge in [-0.05, 0) is 73.4 Å². The highest BCUT2D eigenvalue weighted by Crippen LogP contribution is 2.35. The van der Waals surface area contributed by atoms with Crippen molar-refractivity contribution < 1.29 is 8.78 Å². The Labute approximate surface area is 282 Å². The minimum Gasteiger partial charge on any atom is -0.372 e. The Bertz CT molecular complexity index is 1550. The molecule has 252 valence electrons. The first-order valence-corrected chi connectivity index (χ1v) is 17.8. The molecule has 5 rings (SSSR count). The maximum absolute atomic E-state index is 13.6. The van der Waals surface area contributed by atoms with E-state index in [-0.39, 0.29) is 5.56 Å². The minimum absolute atomic E-state index is 0.0164. The van der Waals surface area contributed by atoms with E-state index in [1.165, 1.54) is 86.6 Å². The summed E-state index contributed by atoms with van der Waals surface area (Å²) >= 11 is 0. The van der Waals surface area contributed by atoms with Gasteiger partial charge in [0.25, 0.3) is 5.92 Å². The first kappa shape index (κ1) is 36.1. The van der Waals surface area contributed by atoms with E-state index in [4.69, 9.17) is 4.98 Å². The van der Waals surface area contributed by atoms with Crippen LogP contribution in [-0.2, 0) is 12.5 Å².